The highest BCUT2D eigenvalue weighted by molar-refractivity contribution is 5.95. The van der Waals surface area contributed by atoms with Gasteiger partial charge in [0.2, 0.25) is 0 Å². The van der Waals surface area contributed by atoms with Crippen LogP contribution in [0.3, 0.4) is 0 Å². The summed E-state index contributed by atoms with van der Waals surface area (Å²) in [5.41, 5.74) is 4.08. The second-order valence-corrected chi connectivity index (χ2v) is 8.87. The summed E-state index contributed by atoms with van der Waals surface area (Å²) in [6.45, 7) is 5.38. The number of nitrogens with one attached hydrogen (secondary N) is 2. The number of aromatic nitrogens is 2. The Morgan fingerprint density at radius 3 is 2.46 bits per heavy atom. The number of anilines is 1. The third-order valence-corrected chi connectivity index (χ3v) is 5.58. The number of nitrogens with zero attached hydrogens (tertiary/aromatic N) is 3. The van der Waals surface area contributed by atoms with Gasteiger partial charge in [0, 0.05) is 50.0 Å². The summed E-state index contributed by atoms with van der Waals surface area (Å²) < 4.78 is 1.71. The minimum Gasteiger partial charge on any atom is -0.396 e. The Kier molecular flexibility index (Phi) is 8.39. The van der Waals surface area contributed by atoms with Crippen molar-refractivity contribution in [3.05, 3.63) is 71.2 Å². The van der Waals surface area contributed by atoms with Gasteiger partial charge in [0.05, 0.1) is 16.9 Å². The van der Waals surface area contributed by atoms with E-state index in [9.17, 15) is 20.0 Å². The lowest BCUT2D eigenvalue weighted by Gasteiger charge is -2.19. The SMILES string of the molecule is CC(=O)c1nc(-c2ccc(C[C@@H](CCO)NC(=O)c3ccc(NC(C)C)c(C#N)c3)cc2)cn1C. The molecule has 0 saturated carbocycles. The normalized spacial score (nSPS) is 11.7. The first-order valence-corrected chi connectivity index (χ1v) is 11.6. The van der Waals surface area contributed by atoms with Crippen molar-refractivity contribution < 1.29 is 14.7 Å². The van der Waals surface area contributed by atoms with Gasteiger partial charge in [-0.3, -0.25) is 9.59 Å². The summed E-state index contributed by atoms with van der Waals surface area (Å²) >= 11 is 0. The van der Waals surface area contributed by atoms with Gasteiger partial charge < -0.3 is 20.3 Å². The first kappa shape index (κ1) is 25.7. The highest BCUT2D eigenvalue weighted by Gasteiger charge is 2.17. The largest absolute Gasteiger partial charge is 0.396 e. The number of hydrogen-bond donors (Lipinski definition) is 3. The van der Waals surface area contributed by atoms with Gasteiger partial charge in [0.15, 0.2) is 11.6 Å². The molecule has 3 aromatic rings. The molecule has 0 fully saturated rings. The van der Waals surface area contributed by atoms with Crippen LogP contribution < -0.4 is 10.6 Å². The molecule has 0 spiro atoms. The number of carbonyl (C=O) groups is 2. The molecule has 0 aliphatic rings. The van der Waals surface area contributed by atoms with Crippen molar-refractivity contribution in [2.75, 3.05) is 11.9 Å². The minimum atomic E-state index is -0.294. The van der Waals surface area contributed by atoms with Gasteiger partial charge in [-0.15, -0.1) is 0 Å². The molecule has 0 saturated heterocycles. The highest BCUT2D eigenvalue weighted by Crippen LogP contribution is 2.21. The number of rotatable bonds is 10. The van der Waals surface area contributed by atoms with Crippen molar-refractivity contribution in [3.63, 3.8) is 0 Å². The maximum atomic E-state index is 12.9. The molecule has 3 rings (SSSR count). The summed E-state index contributed by atoms with van der Waals surface area (Å²) in [5, 5.41) is 25.2. The maximum Gasteiger partial charge on any atom is 0.251 e. The van der Waals surface area contributed by atoms with Crippen LogP contribution in [0.1, 0.15) is 59.3 Å². The molecule has 8 heteroatoms. The molecule has 35 heavy (non-hydrogen) atoms. The van der Waals surface area contributed by atoms with Crippen molar-refractivity contribution >= 4 is 17.4 Å². The zero-order valence-electron chi connectivity index (χ0n) is 20.5. The Balaban J connectivity index is 1.71. The molecule has 8 nitrogen and oxygen atoms in total. The van der Waals surface area contributed by atoms with Gasteiger partial charge in [-0.25, -0.2) is 4.98 Å². The van der Waals surface area contributed by atoms with E-state index in [4.69, 9.17) is 0 Å². The van der Waals surface area contributed by atoms with E-state index < -0.39 is 0 Å². The number of Topliss-reactive ketones (excluding diaryl/α,β-unsaturated/α-hetero) is 1. The maximum absolute atomic E-state index is 12.9. The second-order valence-electron chi connectivity index (χ2n) is 8.87. The summed E-state index contributed by atoms with van der Waals surface area (Å²) in [6.07, 6.45) is 2.75. The standard InChI is InChI=1S/C27H31N5O3/c1-17(2)29-24-10-9-21(14-22(24)15-28)27(35)30-23(11-12-33)13-19-5-7-20(8-6-19)25-16-32(4)26(31-25)18(3)34/h5-10,14,16-17,23,29,33H,11-13H2,1-4H3,(H,30,35)/t23-/m1/s1. The molecule has 0 aliphatic carbocycles. The molecule has 0 bridgehead atoms. The minimum absolute atomic E-state index is 0.0640. The number of aryl methyl sites for hydroxylation is 1. The Morgan fingerprint density at radius 1 is 1.17 bits per heavy atom. The number of carbonyl (C=O) groups excluding carboxylic acids is 2. The number of aliphatic hydroxyl groups excluding tert-OH is 1. The molecule has 182 valence electrons. The number of nitriles is 1. The number of aliphatic hydroxyl groups is 1. The second kappa shape index (κ2) is 11.4. The van der Waals surface area contributed by atoms with Crippen LogP contribution >= 0.6 is 0 Å². The molecule has 1 amide bonds. The van der Waals surface area contributed by atoms with E-state index in [2.05, 4.69) is 21.7 Å². The van der Waals surface area contributed by atoms with Crippen LogP contribution in [0.2, 0.25) is 0 Å². The van der Waals surface area contributed by atoms with Crippen LogP contribution in [0, 0.1) is 11.3 Å². The Hall–Kier alpha value is -3.96. The first-order valence-electron chi connectivity index (χ1n) is 11.6. The van der Waals surface area contributed by atoms with Crippen LogP contribution in [0.5, 0.6) is 0 Å². The van der Waals surface area contributed by atoms with E-state index in [0.29, 0.717) is 41.2 Å². The van der Waals surface area contributed by atoms with Gasteiger partial charge >= 0.3 is 0 Å². The fourth-order valence-electron chi connectivity index (χ4n) is 3.89. The summed E-state index contributed by atoms with van der Waals surface area (Å²) in [4.78, 5) is 29.0. The average Bonchev–Trinajstić information content (AvgIpc) is 3.21. The predicted octanol–water partition coefficient (Wildman–Crippen LogP) is 3.71. The van der Waals surface area contributed by atoms with E-state index in [-0.39, 0.29) is 30.4 Å². The summed E-state index contributed by atoms with van der Waals surface area (Å²) in [5.74, 6) is 0.0194. The van der Waals surface area contributed by atoms with Crippen molar-refractivity contribution in [2.45, 2.75) is 45.7 Å². The molecule has 0 radical (unpaired) electrons. The number of amides is 1. The van der Waals surface area contributed by atoms with E-state index in [1.807, 2.05) is 44.3 Å². The van der Waals surface area contributed by atoms with Crippen LogP contribution in [0.4, 0.5) is 5.69 Å². The van der Waals surface area contributed by atoms with E-state index in [1.54, 1.807) is 29.8 Å². The predicted molar refractivity (Wildman–Crippen MR) is 135 cm³/mol. The van der Waals surface area contributed by atoms with Crippen molar-refractivity contribution in [3.8, 4) is 17.3 Å². The van der Waals surface area contributed by atoms with Crippen LogP contribution in [0.15, 0.2) is 48.7 Å². The quantitative estimate of drug-likeness (QED) is 0.386. The lowest BCUT2D eigenvalue weighted by atomic mass is 10.0. The summed E-state index contributed by atoms with van der Waals surface area (Å²) in [6, 6.07) is 14.8. The fraction of sp³-hybridized carbons (Fsp3) is 0.333. The number of ketones is 1. The zero-order chi connectivity index (χ0) is 25.5. The number of hydrogen-bond acceptors (Lipinski definition) is 6. The molecule has 2 aromatic carbocycles. The molecule has 0 unspecified atom stereocenters. The van der Waals surface area contributed by atoms with Gasteiger partial charge in [0.25, 0.3) is 5.91 Å². The van der Waals surface area contributed by atoms with Crippen LogP contribution in [-0.2, 0) is 13.5 Å². The molecule has 0 aliphatic heterocycles. The Labute approximate surface area is 205 Å². The monoisotopic (exact) mass is 473 g/mol. The van der Waals surface area contributed by atoms with E-state index in [1.165, 1.54) is 6.92 Å². The third-order valence-electron chi connectivity index (χ3n) is 5.58. The average molecular weight is 474 g/mol. The molecule has 1 atom stereocenters. The van der Waals surface area contributed by atoms with Crippen LogP contribution in [0.25, 0.3) is 11.3 Å². The topological polar surface area (TPSA) is 120 Å². The van der Waals surface area contributed by atoms with E-state index >= 15 is 0 Å². The van der Waals surface area contributed by atoms with Crippen molar-refractivity contribution in [1.29, 1.82) is 5.26 Å². The zero-order valence-corrected chi connectivity index (χ0v) is 20.5. The number of benzene rings is 2. The van der Waals surface area contributed by atoms with E-state index in [0.717, 1.165) is 11.1 Å². The summed E-state index contributed by atoms with van der Waals surface area (Å²) in [7, 11) is 1.79. The van der Waals surface area contributed by atoms with Gasteiger partial charge in [-0.2, -0.15) is 5.26 Å². The fourth-order valence-corrected chi connectivity index (χ4v) is 3.89. The molecule has 3 N–H and O–H groups in total. The van der Waals surface area contributed by atoms with Gasteiger partial charge in [-0.1, -0.05) is 24.3 Å². The van der Waals surface area contributed by atoms with Crippen LogP contribution in [-0.4, -0.2) is 45.0 Å². The highest BCUT2D eigenvalue weighted by atomic mass is 16.3. The molecule has 1 aromatic heterocycles. The van der Waals surface area contributed by atoms with Gasteiger partial charge in [-0.05, 0) is 50.5 Å². The first-order chi connectivity index (χ1) is 16.7. The van der Waals surface area contributed by atoms with Crippen molar-refractivity contribution in [1.82, 2.24) is 14.9 Å². The lowest BCUT2D eigenvalue weighted by molar-refractivity contribution is 0.0929. The van der Waals surface area contributed by atoms with Gasteiger partial charge in [0.1, 0.15) is 6.07 Å². The Morgan fingerprint density at radius 2 is 1.89 bits per heavy atom. The molecular weight excluding hydrogens is 442 g/mol. The molecule has 1 heterocycles. The number of imidazole rings is 1. The smallest absolute Gasteiger partial charge is 0.251 e. The lowest BCUT2D eigenvalue weighted by Crippen LogP contribution is -2.37. The molecular formula is C27H31N5O3. The Bertz CT molecular complexity index is 1240. The third kappa shape index (κ3) is 6.55. The van der Waals surface area contributed by atoms with Crippen molar-refractivity contribution in [2.24, 2.45) is 7.05 Å².